The maximum absolute atomic E-state index is 13.3. The Labute approximate surface area is 264 Å². The highest BCUT2D eigenvalue weighted by Gasteiger charge is 2.25. The molecule has 0 aliphatic carbocycles. The lowest BCUT2D eigenvalue weighted by Gasteiger charge is -2.31. The summed E-state index contributed by atoms with van der Waals surface area (Å²) in [6.45, 7) is 9.45. The van der Waals surface area contributed by atoms with Crippen molar-refractivity contribution in [3.05, 3.63) is 106 Å². The van der Waals surface area contributed by atoms with Crippen LogP contribution in [0.15, 0.2) is 77.8 Å². The topological polar surface area (TPSA) is 147 Å². The lowest BCUT2D eigenvalue weighted by atomic mass is 9.94. The summed E-state index contributed by atoms with van der Waals surface area (Å²) in [6.07, 6.45) is 5.53. The number of allylic oxidation sites excluding steroid dienone is 2. The number of rotatable bonds is 8. The van der Waals surface area contributed by atoms with Crippen molar-refractivity contribution in [2.75, 3.05) is 18.0 Å². The molecule has 1 unspecified atom stereocenters. The van der Waals surface area contributed by atoms with Crippen molar-refractivity contribution in [1.29, 1.82) is 5.26 Å². The van der Waals surface area contributed by atoms with Crippen LogP contribution in [0.25, 0.3) is 34.1 Å². The van der Waals surface area contributed by atoms with E-state index in [0.717, 1.165) is 29.0 Å². The van der Waals surface area contributed by atoms with Crippen LogP contribution >= 0.6 is 0 Å². The average Bonchev–Trinajstić information content (AvgIpc) is 3.60. The Bertz CT molecular complexity index is 2190. The van der Waals surface area contributed by atoms with Crippen molar-refractivity contribution in [2.45, 2.75) is 33.8 Å². The maximum Gasteiger partial charge on any atom is 0.351 e. The number of aromatic nitrogens is 6. The second-order valence-corrected chi connectivity index (χ2v) is 10.8. The van der Waals surface area contributed by atoms with Crippen LogP contribution in [0.2, 0.25) is 0 Å². The minimum Gasteiger partial charge on any atom is -0.604 e. The summed E-state index contributed by atoms with van der Waals surface area (Å²) in [6, 6.07) is 15.5. The largest absolute Gasteiger partial charge is 0.604 e. The minimum absolute atomic E-state index is 0.0723. The molecule has 232 valence electrons. The van der Waals surface area contributed by atoms with Gasteiger partial charge in [-0.05, 0) is 86.9 Å². The number of anilines is 1. The Hall–Kier alpha value is -5.96. The predicted octanol–water partition coefficient (Wildman–Crippen LogP) is 3.00. The van der Waals surface area contributed by atoms with E-state index in [1.165, 1.54) is 17.8 Å². The van der Waals surface area contributed by atoms with Gasteiger partial charge in [0.2, 0.25) is 0 Å². The molecule has 1 aromatic carbocycles. The molecule has 5 heterocycles. The van der Waals surface area contributed by atoms with E-state index in [2.05, 4.69) is 44.9 Å². The predicted molar refractivity (Wildman–Crippen MR) is 171 cm³/mol. The monoisotopic (exact) mass is 615 g/mol. The molecule has 0 bridgehead atoms. The minimum atomic E-state index is -0.791. The Morgan fingerprint density at radius 3 is 2.54 bits per heavy atom. The number of nitriles is 1. The molecule has 0 amide bonds. The van der Waals surface area contributed by atoms with Crippen molar-refractivity contribution in [2.24, 2.45) is 7.05 Å². The zero-order valence-electron chi connectivity index (χ0n) is 26.1. The van der Waals surface area contributed by atoms with Crippen LogP contribution in [0, 0.1) is 18.3 Å². The van der Waals surface area contributed by atoms with Crippen LogP contribution in [-0.4, -0.2) is 48.3 Å². The number of ether oxygens (including phenoxy) is 2. The van der Waals surface area contributed by atoms with Crippen LogP contribution in [0.1, 0.15) is 37.5 Å². The summed E-state index contributed by atoms with van der Waals surface area (Å²) >= 11 is 0. The van der Waals surface area contributed by atoms with Crippen molar-refractivity contribution >= 4 is 28.4 Å². The first-order valence-corrected chi connectivity index (χ1v) is 14.8. The van der Waals surface area contributed by atoms with E-state index < -0.39 is 17.7 Å². The molecule has 12 heteroatoms. The van der Waals surface area contributed by atoms with Crippen LogP contribution in [0.5, 0.6) is 5.75 Å². The van der Waals surface area contributed by atoms with Gasteiger partial charge in [-0.1, -0.05) is 0 Å². The summed E-state index contributed by atoms with van der Waals surface area (Å²) in [4.78, 5) is 27.4. The summed E-state index contributed by atoms with van der Waals surface area (Å²) in [7, 11) is 1.49. The molecule has 4 aromatic heterocycles. The van der Waals surface area contributed by atoms with Crippen molar-refractivity contribution in [3.8, 4) is 23.2 Å². The smallest absolute Gasteiger partial charge is 0.351 e. The quantitative estimate of drug-likeness (QED) is 0.239. The van der Waals surface area contributed by atoms with E-state index in [9.17, 15) is 15.2 Å². The van der Waals surface area contributed by atoms with Crippen molar-refractivity contribution in [1.82, 2.24) is 29.1 Å². The molecule has 12 nitrogen and oxygen atoms in total. The molecule has 0 spiro atoms. The van der Waals surface area contributed by atoms with E-state index in [1.54, 1.807) is 37.5 Å². The van der Waals surface area contributed by atoms with Crippen molar-refractivity contribution < 1.29 is 14.6 Å². The second kappa shape index (κ2) is 12.2. The SMILES string of the molecule is CCN(CC)c1ccc2c(c1)O/C(=C(/C#N)c1ccnc(-c3cc(C)ccn3)c1)C=C2C(C)O/C([O-])=c1/ncn2c(=O)n(C)nc12. The first kappa shape index (κ1) is 30.1. The van der Waals surface area contributed by atoms with Gasteiger partial charge in [-0.3, -0.25) is 9.97 Å². The molecule has 6 rings (SSSR count). The molecule has 0 saturated carbocycles. The number of fused-ring (bicyclic) bond motifs is 2. The standard InChI is InChI=1S/C34H32N8O4/c1-6-41(7-2)23-8-9-24-25(21(4)45-33(43)31-32-39-40(5)34(44)42(32)19-38-31)17-30(46-29(24)16-23)26(18-35)22-11-13-37-28(15-22)27-14-20(3)10-12-36-27/h8-17,19,21,43H,6-7H2,1-5H3/p-1/b30-26-,33-31+. The number of benzene rings is 1. The third-order valence-corrected chi connectivity index (χ3v) is 7.88. The normalized spacial score (nSPS) is 14.9. The molecule has 1 aliphatic heterocycles. The van der Waals surface area contributed by atoms with Gasteiger partial charge in [0.05, 0.1) is 17.3 Å². The van der Waals surface area contributed by atoms with Gasteiger partial charge in [0.1, 0.15) is 34.8 Å². The Balaban J connectivity index is 1.47. The molecule has 0 fully saturated rings. The Morgan fingerprint density at radius 1 is 1.09 bits per heavy atom. The van der Waals surface area contributed by atoms with E-state index in [0.29, 0.717) is 39.6 Å². The first-order valence-electron chi connectivity index (χ1n) is 14.8. The number of nitrogens with zero attached hydrogens (tertiary/aromatic N) is 8. The van der Waals surface area contributed by atoms with Gasteiger partial charge >= 0.3 is 5.69 Å². The number of hydrogen-bond acceptors (Lipinski definition) is 10. The highest BCUT2D eigenvalue weighted by Crippen LogP contribution is 2.40. The highest BCUT2D eigenvalue weighted by atomic mass is 16.6. The molecule has 0 N–H and O–H groups in total. The lowest BCUT2D eigenvalue weighted by molar-refractivity contribution is -0.294. The molecule has 1 aliphatic rings. The van der Waals surface area contributed by atoms with Gasteiger partial charge in [0, 0.05) is 56.0 Å². The fraction of sp³-hybridized carbons (Fsp3) is 0.235. The number of pyridine rings is 2. The van der Waals surface area contributed by atoms with E-state index in [4.69, 9.17) is 9.47 Å². The van der Waals surface area contributed by atoms with Gasteiger partial charge in [-0.25, -0.2) is 18.9 Å². The fourth-order valence-corrected chi connectivity index (χ4v) is 5.45. The third-order valence-electron chi connectivity index (χ3n) is 7.88. The number of aryl methyl sites for hydroxylation is 2. The molecule has 0 saturated heterocycles. The van der Waals surface area contributed by atoms with E-state index in [-0.39, 0.29) is 16.6 Å². The second-order valence-electron chi connectivity index (χ2n) is 10.8. The highest BCUT2D eigenvalue weighted by molar-refractivity contribution is 5.87. The van der Waals surface area contributed by atoms with Gasteiger partial charge in [-0.2, -0.15) is 5.26 Å². The third kappa shape index (κ3) is 5.43. The van der Waals surface area contributed by atoms with E-state index in [1.807, 2.05) is 37.3 Å². The summed E-state index contributed by atoms with van der Waals surface area (Å²) in [5.74, 6) is 0.0774. The maximum atomic E-state index is 13.3. The molecule has 5 aromatic rings. The molecule has 1 atom stereocenters. The molecular weight excluding hydrogens is 584 g/mol. The fourth-order valence-electron chi connectivity index (χ4n) is 5.45. The van der Waals surface area contributed by atoms with Crippen LogP contribution in [0.4, 0.5) is 5.69 Å². The molecule has 0 radical (unpaired) electrons. The zero-order valence-corrected chi connectivity index (χ0v) is 26.1. The van der Waals surface area contributed by atoms with Gasteiger partial charge in [-0.15, -0.1) is 5.10 Å². The molecule has 46 heavy (non-hydrogen) atoms. The van der Waals surface area contributed by atoms with Gasteiger partial charge in [0.15, 0.2) is 5.65 Å². The average molecular weight is 616 g/mol. The Morgan fingerprint density at radius 2 is 1.83 bits per heavy atom. The molecular formula is C34H31N8O4-. The number of imidazole rings is 1. The Kier molecular flexibility index (Phi) is 7.98. The van der Waals surface area contributed by atoms with Crippen LogP contribution in [0.3, 0.4) is 0 Å². The van der Waals surface area contributed by atoms with E-state index >= 15 is 0 Å². The van der Waals surface area contributed by atoms with Crippen molar-refractivity contribution in [3.63, 3.8) is 0 Å². The number of hydrogen-bond donors (Lipinski definition) is 0. The van der Waals surface area contributed by atoms with Gasteiger partial charge < -0.3 is 19.5 Å². The van der Waals surface area contributed by atoms with Crippen LogP contribution in [-0.2, 0) is 11.8 Å². The van der Waals surface area contributed by atoms with Crippen LogP contribution < -0.4 is 25.8 Å². The summed E-state index contributed by atoms with van der Waals surface area (Å²) < 4.78 is 14.6. The van der Waals surface area contributed by atoms with Gasteiger partial charge in [0.25, 0.3) is 0 Å². The summed E-state index contributed by atoms with van der Waals surface area (Å²) in [5, 5.41) is 27.8. The summed E-state index contributed by atoms with van der Waals surface area (Å²) in [5.41, 5.74) is 5.19. The lowest BCUT2D eigenvalue weighted by Crippen LogP contribution is -2.26. The zero-order chi connectivity index (χ0) is 32.5. The first-order chi connectivity index (χ1) is 22.2.